The maximum atomic E-state index is 14.1. The van der Waals surface area contributed by atoms with Crippen molar-refractivity contribution in [3.05, 3.63) is 70.0 Å². The van der Waals surface area contributed by atoms with E-state index in [0.29, 0.717) is 18.4 Å². The molecule has 2 heterocycles. The third kappa shape index (κ3) is 3.79. The summed E-state index contributed by atoms with van der Waals surface area (Å²) >= 11 is 6.07. The number of hydrogen-bond donors (Lipinski definition) is 0. The molecular formula is C25H23ClFN3O3. The van der Waals surface area contributed by atoms with Crippen LogP contribution < -0.4 is 0 Å². The van der Waals surface area contributed by atoms with E-state index in [9.17, 15) is 24.0 Å². The molecule has 6 nitrogen and oxygen atoms in total. The Bertz CT molecular complexity index is 1150. The number of imide groups is 1. The van der Waals surface area contributed by atoms with Crippen LogP contribution in [-0.4, -0.2) is 39.6 Å². The predicted octanol–water partition coefficient (Wildman–Crippen LogP) is 4.75. The third-order valence-electron chi connectivity index (χ3n) is 6.60. The van der Waals surface area contributed by atoms with E-state index in [1.807, 2.05) is 0 Å². The van der Waals surface area contributed by atoms with E-state index in [0.717, 1.165) is 4.90 Å². The molecule has 1 saturated heterocycles. The van der Waals surface area contributed by atoms with Crippen LogP contribution in [0.15, 0.2) is 42.5 Å². The van der Waals surface area contributed by atoms with Gasteiger partial charge in [-0.3, -0.25) is 19.3 Å². The average molecular weight is 468 g/mol. The standard InChI is InChI=1S/C25H23ClFN3O3/c1-14(29-23(32)18-6-4-5-7-19(18)24(29)33)22(31)30-20(8-9-21(30)25(2,3)13-28)15-10-16(26)12-17(27)11-15/h4-7,10-12,14,20-21H,8-9H2,1-3H3/t14-,20+,21-/m1/s1. The number of amides is 3. The van der Waals surface area contributed by atoms with Gasteiger partial charge >= 0.3 is 0 Å². The fourth-order valence-electron chi connectivity index (χ4n) is 4.88. The number of nitrogens with zero attached hydrogens (tertiary/aromatic N) is 3. The summed E-state index contributed by atoms with van der Waals surface area (Å²) in [5.41, 5.74) is 0.125. The summed E-state index contributed by atoms with van der Waals surface area (Å²) < 4.78 is 14.1. The zero-order valence-corrected chi connectivity index (χ0v) is 19.3. The van der Waals surface area contributed by atoms with Crippen molar-refractivity contribution < 1.29 is 18.8 Å². The first-order chi connectivity index (χ1) is 15.6. The lowest BCUT2D eigenvalue weighted by molar-refractivity contribution is -0.139. The van der Waals surface area contributed by atoms with Gasteiger partial charge in [0.25, 0.3) is 11.8 Å². The number of nitriles is 1. The Morgan fingerprint density at radius 3 is 2.30 bits per heavy atom. The van der Waals surface area contributed by atoms with Crippen molar-refractivity contribution in [2.45, 2.75) is 51.7 Å². The summed E-state index contributed by atoms with van der Waals surface area (Å²) in [7, 11) is 0. The van der Waals surface area contributed by atoms with Crippen molar-refractivity contribution in [2.24, 2.45) is 5.41 Å². The molecule has 2 aliphatic rings. The van der Waals surface area contributed by atoms with Gasteiger partial charge in [-0.2, -0.15) is 5.26 Å². The molecule has 4 rings (SSSR count). The van der Waals surface area contributed by atoms with E-state index in [2.05, 4.69) is 6.07 Å². The van der Waals surface area contributed by atoms with Crippen molar-refractivity contribution in [1.82, 2.24) is 9.80 Å². The normalized spacial score (nSPS) is 21.2. The van der Waals surface area contributed by atoms with E-state index in [1.54, 1.807) is 49.1 Å². The summed E-state index contributed by atoms with van der Waals surface area (Å²) in [5.74, 6) is -2.06. The highest BCUT2D eigenvalue weighted by molar-refractivity contribution is 6.30. The number of halogens is 2. The molecule has 0 bridgehead atoms. The molecule has 33 heavy (non-hydrogen) atoms. The second-order valence-corrected chi connectivity index (χ2v) is 9.53. The van der Waals surface area contributed by atoms with Crippen molar-refractivity contribution >= 4 is 29.3 Å². The molecule has 2 aromatic rings. The van der Waals surface area contributed by atoms with E-state index in [1.165, 1.54) is 19.1 Å². The monoisotopic (exact) mass is 467 g/mol. The van der Waals surface area contributed by atoms with Crippen LogP contribution in [0.1, 0.15) is 65.9 Å². The summed E-state index contributed by atoms with van der Waals surface area (Å²) in [4.78, 5) is 42.3. The lowest BCUT2D eigenvalue weighted by atomic mass is 9.84. The van der Waals surface area contributed by atoms with Crippen LogP contribution >= 0.6 is 11.6 Å². The maximum Gasteiger partial charge on any atom is 0.262 e. The summed E-state index contributed by atoms with van der Waals surface area (Å²) in [6.07, 6.45) is 1.01. The molecule has 1 fully saturated rings. The van der Waals surface area contributed by atoms with Gasteiger partial charge in [0.1, 0.15) is 11.9 Å². The number of rotatable bonds is 4. The van der Waals surface area contributed by atoms with Gasteiger partial charge in [0.2, 0.25) is 5.91 Å². The fraction of sp³-hybridized carbons (Fsp3) is 0.360. The molecule has 8 heteroatoms. The summed E-state index contributed by atoms with van der Waals surface area (Å²) in [6, 6.07) is 10.7. The van der Waals surface area contributed by atoms with Gasteiger partial charge in [0.15, 0.2) is 0 Å². The molecule has 2 aliphatic heterocycles. The van der Waals surface area contributed by atoms with Gasteiger partial charge < -0.3 is 4.90 Å². The molecule has 0 unspecified atom stereocenters. The van der Waals surface area contributed by atoms with Crippen LogP contribution in [0.2, 0.25) is 5.02 Å². The molecule has 3 atom stereocenters. The number of carbonyl (C=O) groups excluding carboxylic acids is 3. The van der Waals surface area contributed by atoms with Crippen molar-refractivity contribution in [1.29, 1.82) is 5.26 Å². The second-order valence-electron chi connectivity index (χ2n) is 9.09. The molecule has 0 aromatic heterocycles. The van der Waals surface area contributed by atoms with Gasteiger partial charge in [0.05, 0.1) is 34.7 Å². The fourth-order valence-corrected chi connectivity index (χ4v) is 5.11. The largest absolute Gasteiger partial charge is 0.329 e. The second kappa shape index (κ2) is 8.27. The Hall–Kier alpha value is -3.24. The molecule has 0 saturated carbocycles. The Morgan fingerprint density at radius 1 is 1.15 bits per heavy atom. The number of likely N-dealkylation sites (tertiary alicyclic amines) is 1. The first-order valence-corrected chi connectivity index (χ1v) is 11.1. The highest BCUT2D eigenvalue weighted by atomic mass is 35.5. The highest BCUT2D eigenvalue weighted by Gasteiger charge is 2.49. The van der Waals surface area contributed by atoms with E-state index >= 15 is 0 Å². The highest BCUT2D eigenvalue weighted by Crippen LogP contribution is 2.44. The minimum Gasteiger partial charge on any atom is -0.329 e. The minimum atomic E-state index is -1.10. The van der Waals surface area contributed by atoms with Crippen LogP contribution in [0.5, 0.6) is 0 Å². The number of hydrogen-bond acceptors (Lipinski definition) is 4. The van der Waals surface area contributed by atoms with Gasteiger partial charge in [-0.1, -0.05) is 23.7 Å². The number of benzene rings is 2. The molecule has 0 radical (unpaired) electrons. The Labute approximate surface area is 196 Å². The minimum absolute atomic E-state index is 0.203. The topological polar surface area (TPSA) is 81.5 Å². The van der Waals surface area contributed by atoms with E-state index < -0.39 is 47.1 Å². The van der Waals surface area contributed by atoms with Crippen LogP contribution in [0.25, 0.3) is 0 Å². The predicted molar refractivity (Wildman–Crippen MR) is 120 cm³/mol. The van der Waals surface area contributed by atoms with E-state index in [4.69, 9.17) is 11.6 Å². The van der Waals surface area contributed by atoms with Gasteiger partial charge in [0, 0.05) is 5.02 Å². The van der Waals surface area contributed by atoms with Gasteiger partial charge in [-0.05, 0) is 69.5 Å². The smallest absolute Gasteiger partial charge is 0.262 e. The molecule has 0 spiro atoms. The van der Waals surface area contributed by atoms with Crippen molar-refractivity contribution in [3.8, 4) is 6.07 Å². The zero-order chi connectivity index (χ0) is 24.1. The van der Waals surface area contributed by atoms with Crippen LogP contribution in [0.4, 0.5) is 4.39 Å². The van der Waals surface area contributed by atoms with Crippen LogP contribution in [0, 0.1) is 22.6 Å². The molecule has 0 N–H and O–H groups in total. The van der Waals surface area contributed by atoms with Gasteiger partial charge in [-0.15, -0.1) is 0 Å². The summed E-state index contributed by atoms with van der Waals surface area (Å²) in [6.45, 7) is 4.99. The van der Waals surface area contributed by atoms with Crippen molar-refractivity contribution in [3.63, 3.8) is 0 Å². The maximum absolute atomic E-state index is 14.1. The Balaban J connectivity index is 1.73. The molecule has 170 valence electrons. The lowest BCUT2D eigenvalue weighted by Crippen LogP contribution is -2.53. The molecule has 0 aliphatic carbocycles. The quantitative estimate of drug-likeness (QED) is 0.608. The lowest BCUT2D eigenvalue weighted by Gasteiger charge is -2.39. The van der Waals surface area contributed by atoms with Gasteiger partial charge in [-0.25, -0.2) is 4.39 Å². The Kier molecular flexibility index (Phi) is 5.75. The average Bonchev–Trinajstić information content (AvgIpc) is 3.33. The molecule has 3 amide bonds. The Morgan fingerprint density at radius 2 is 1.76 bits per heavy atom. The van der Waals surface area contributed by atoms with Crippen molar-refractivity contribution in [2.75, 3.05) is 0 Å². The van der Waals surface area contributed by atoms with Crippen LogP contribution in [-0.2, 0) is 4.79 Å². The molecular weight excluding hydrogens is 445 g/mol. The summed E-state index contributed by atoms with van der Waals surface area (Å²) in [5, 5.41) is 9.97. The first-order valence-electron chi connectivity index (χ1n) is 10.7. The number of fused-ring (bicyclic) bond motifs is 1. The SMILES string of the molecule is C[C@H](C(=O)N1[C@H](c2cc(F)cc(Cl)c2)CC[C@@H]1C(C)(C)C#N)N1C(=O)c2ccccc2C1=O. The first kappa shape index (κ1) is 22.9. The number of carbonyl (C=O) groups is 3. The van der Waals surface area contributed by atoms with E-state index in [-0.39, 0.29) is 16.1 Å². The zero-order valence-electron chi connectivity index (χ0n) is 18.5. The van der Waals surface area contributed by atoms with Crippen LogP contribution in [0.3, 0.4) is 0 Å². The third-order valence-corrected chi connectivity index (χ3v) is 6.82. The molecule has 2 aromatic carbocycles.